The summed E-state index contributed by atoms with van der Waals surface area (Å²) in [4.78, 5) is 0. The molecule has 0 aliphatic heterocycles. The second-order valence-corrected chi connectivity index (χ2v) is 6.71. The molecule has 0 N–H and O–H groups in total. The van der Waals surface area contributed by atoms with Crippen molar-refractivity contribution in [3.63, 3.8) is 0 Å². The molecule has 30 heavy (non-hydrogen) atoms. The number of para-hydroxylation sites is 2. The van der Waals surface area contributed by atoms with Crippen LogP contribution >= 0.6 is 0 Å². The largest absolute Gasteiger partial charge is 0.433 e. The van der Waals surface area contributed by atoms with Gasteiger partial charge >= 0.3 is 6.61 Å². The fraction of sp³-hybridized carbons (Fsp3) is 0.0800. The zero-order valence-electron chi connectivity index (χ0n) is 16.4. The molecule has 0 saturated carbocycles. The lowest BCUT2D eigenvalue weighted by molar-refractivity contribution is -0.0489. The Morgan fingerprint density at radius 1 is 0.767 bits per heavy atom. The molecular formula is C25H20F2N2O. The molecule has 0 aliphatic rings. The molecule has 5 heteroatoms. The van der Waals surface area contributed by atoms with Crippen molar-refractivity contribution in [2.24, 2.45) is 5.10 Å². The van der Waals surface area contributed by atoms with Crippen LogP contribution in [0.4, 0.5) is 20.2 Å². The van der Waals surface area contributed by atoms with Crippen LogP contribution in [0.2, 0.25) is 0 Å². The molecule has 4 rings (SSSR count). The van der Waals surface area contributed by atoms with E-state index >= 15 is 0 Å². The molecule has 0 unspecified atom stereocenters. The maximum atomic E-state index is 13.2. The number of ether oxygens (including phenoxy) is 1. The van der Waals surface area contributed by atoms with E-state index in [2.05, 4.69) is 0 Å². The first-order chi connectivity index (χ1) is 14.6. The van der Waals surface area contributed by atoms with Crippen LogP contribution in [0.15, 0.2) is 102 Å². The van der Waals surface area contributed by atoms with Crippen LogP contribution in [-0.4, -0.2) is 12.3 Å². The van der Waals surface area contributed by atoms with Gasteiger partial charge in [0.05, 0.1) is 17.1 Å². The Kier molecular flexibility index (Phi) is 5.70. The molecule has 4 aromatic rings. The molecule has 0 bridgehead atoms. The molecule has 0 saturated heterocycles. The molecule has 150 valence electrons. The van der Waals surface area contributed by atoms with Gasteiger partial charge in [-0.1, -0.05) is 66.7 Å². The fourth-order valence-electron chi connectivity index (χ4n) is 3.35. The highest BCUT2D eigenvalue weighted by molar-refractivity contribution is 6.07. The number of rotatable bonds is 6. The normalized spacial score (nSPS) is 11.7. The molecule has 0 fully saturated rings. The van der Waals surface area contributed by atoms with E-state index < -0.39 is 6.61 Å². The Bertz CT molecular complexity index is 1120. The van der Waals surface area contributed by atoms with E-state index in [9.17, 15) is 8.78 Å². The fourth-order valence-corrected chi connectivity index (χ4v) is 3.35. The number of alkyl halides is 2. The average molecular weight is 402 g/mol. The summed E-state index contributed by atoms with van der Waals surface area (Å²) >= 11 is 0. The number of hydrogen-bond acceptors (Lipinski definition) is 3. The van der Waals surface area contributed by atoms with Gasteiger partial charge in [-0.25, -0.2) is 5.01 Å². The monoisotopic (exact) mass is 402 g/mol. The summed E-state index contributed by atoms with van der Waals surface area (Å²) in [5.74, 6) is 0.130. The van der Waals surface area contributed by atoms with Crippen molar-refractivity contribution in [1.82, 2.24) is 0 Å². The standard InChI is InChI=1S/C25H20F2N2O/c1-18(22-17-16-19-10-8-9-15-23(19)24(22)30-25(26)27)28-29(20-11-4-2-5-12-20)21-13-6-3-7-14-21/h2-17,25H,1H3/b28-18-. The number of fused-ring (bicyclic) bond motifs is 1. The number of benzene rings is 4. The molecular weight excluding hydrogens is 382 g/mol. The van der Waals surface area contributed by atoms with Gasteiger partial charge in [0.15, 0.2) is 0 Å². The lowest BCUT2D eigenvalue weighted by atomic mass is 10.0. The quantitative estimate of drug-likeness (QED) is 0.256. The molecule has 0 spiro atoms. The summed E-state index contributed by atoms with van der Waals surface area (Å²) in [6.07, 6.45) is 0. The van der Waals surface area contributed by atoms with Gasteiger partial charge in [0, 0.05) is 10.9 Å². The molecule has 0 radical (unpaired) electrons. The average Bonchev–Trinajstić information content (AvgIpc) is 2.78. The van der Waals surface area contributed by atoms with Gasteiger partial charge in [-0.2, -0.15) is 13.9 Å². The Labute approximate surface area is 173 Å². The zero-order chi connectivity index (χ0) is 20.9. The molecule has 0 amide bonds. The summed E-state index contributed by atoms with van der Waals surface area (Å²) in [6, 6.07) is 30.3. The van der Waals surface area contributed by atoms with E-state index in [0.717, 1.165) is 16.8 Å². The van der Waals surface area contributed by atoms with Crippen molar-refractivity contribution in [2.75, 3.05) is 5.01 Å². The second-order valence-electron chi connectivity index (χ2n) is 6.71. The molecule has 0 aliphatic carbocycles. The number of hydrazone groups is 1. The first kappa shape index (κ1) is 19.6. The van der Waals surface area contributed by atoms with E-state index in [1.165, 1.54) is 0 Å². The highest BCUT2D eigenvalue weighted by Gasteiger charge is 2.17. The SMILES string of the molecule is C/C(=N/N(c1ccccc1)c1ccccc1)c1ccc2ccccc2c1OC(F)F. The van der Waals surface area contributed by atoms with Crippen molar-refractivity contribution in [1.29, 1.82) is 0 Å². The Morgan fingerprint density at radius 2 is 1.33 bits per heavy atom. The van der Waals surface area contributed by atoms with Gasteiger partial charge in [-0.05, 0) is 42.6 Å². The topological polar surface area (TPSA) is 24.8 Å². The van der Waals surface area contributed by atoms with E-state index in [1.54, 1.807) is 30.1 Å². The van der Waals surface area contributed by atoms with E-state index in [0.29, 0.717) is 16.7 Å². The van der Waals surface area contributed by atoms with Gasteiger partial charge in [0.1, 0.15) is 5.75 Å². The number of halogens is 2. The lowest BCUT2D eigenvalue weighted by Gasteiger charge is -2.21. The third-order valence-corrected chi connectivity index (χ3v) is 4.73. The van der Waals surface area contributed by atoms with E-state index in [-0.39, 0.29) is 5.75 Å². The van der Waals surface area contributed by atoms with Crippen molar-refractivity contribution in [2.45, 2.75) is 13.5 Å². The summed E-state index contributed by atoms with van der Waals surface area (Å²) in [5.41, 5.74) is 2.80. The molecule has 0 aromatic heterocycles. The van der Waals surface area contributed by atoms with Gasteiger partial charge in [0.2, 0.25) is 0 Å². The predicted molar refractivity (Wildman–Crippen MR) is 118 cm³/mol. The smallest absolute Gasteiger partial charge is 0.387 e. The number of nitrogens with zero attached hydrogens (tertiary/aromatic N) is 2. The van der Waals surface area contributed by atoms with Crippen molar-refractivity contribution in [3.05, 3.63) is 103 Å². The van der Waals surface area contributed by atoms with Crippen molar-refractivity contribution < 1.29 is 13.5 Å². The van der Waals surface area contributed by atoms with Crippen LogP contribution in [0.1, 0.15) is 12.5 Å². The maximum Gasteiger partial charge on any atom is 0.387 e. The molecule has 3 nitrogen and oxygen atoms in total. The van der Waals surface area contributed by atoms with Crippen molar-refractivity contribution in [3.8, 4) is 5.75 Å². The van der Waals surface area contributed by atoms with Crippen LogP contribution in [0.5, 0.6) is 5.75 Å². The second kappa shape index (κ2) is 8.74. The third kappa shape index (κ3) is 4.15. The van der Waals surface area contributed by atoms with E-state index in [4.69, 9.17) is 9.84 Å². The molecule has 4 aromatic carbocycles. The maximum absolute atomic E-state index is 13.2. The summed E-state index contributed by atoms with van der Waals surface area (Å²) in [7, 11) is 0. The lowest BCUT2D eigenvalue weighted by Crippen LogP contribution is -2.14. The summed E-state index contributed by atoms with van der Waals surface area (Å²) in [5, 5.41) is 8.02. The molecule has 0 heterocycles. The van der Waals surface area contributed by atoms with Gasteiger partial charge < -0.3 is 4.74 Å². The Morgan fingerprint density at radius 3 is 1.93 bits per heavy atom. The Hall–Kier alpha value is -3.73. The van der Waals surface area contributed by atoms with Gasteiger partial charge in [-0.15, -0.1) is 0 Å². The summed E-state index contributed by atoms with van der Waals surface area (Å²) < 4.78 is 31.4. The molecule has 0 atom stereocenters. The summed E-state index contributed by atoms with van der Waals surface area (Å²) in [6.45, 7) is -1.14. The van der Waals surface area contributed by atoms with Crippen LogP contribution in [0.3, 0.4) is 0 Å². The van der Waals surface area contributed by atoms with Crippen LogP contribution in [-0.2, 0) is 0 Å². The van der Waals surface area contributed by atoms with Crippen LogP contribution in [0.25, 0.3) is 10.8 Å². The van der Waals surface area contributed by atoms with Gasteiger partial charge in [0.25, 0.3) is 0 Å². The number of anilines is 2. The first-order valence-electron chi connectivity index (χ1n) is 9.56. The minimum absolute atomic E-state index is 0.130. The predicted octanol–water partition coefficient (Wildman–Crippen LogP) is 7.00. The van der Waals surface area contributed by atoms with Gasteiger partial charge in [-0.3, -0.25) is 0 Å². The third-order valence-electron chi connectivity index (χ3n) is 4.73. The zero-order valence-corrected chi connectivity index (χ0v) is 16.4. The minimum atomic E-state index is -2.93. The number of hydrogen-bond donors (Lipinski definition) is 0. The first-order valence-corrected chi connectivity index (χ1v) is 9.56. The Balaban J connectivity index is 1.85. The van der Waals surface area contributed by atoms with Crippen molar-refractivity contribution >= 4 is 27.9 Å². The van der Waals surface area contributed by atoms with Crippen LogP contribution in [0, 0.1) is 0 Å². The highest BCUT2D eigenvalue weighted by Crippen LogP contribution is 2.33. The minimum Gasteiger partial charge on any atom is -0.433 e. The van der Waals surface area contributed by atoms with E-state index in [1.807, 2.05) is 78.9 Å². The highest BCUT2D eigenvalue weighted by atomic mass is 19.3. The van der Waals surface area contributed by atoms with Crippen LogP contribution < -0.4 is 9.75 Å².